The van der Waals surface area contributed by atoms with Gasteiger partial charge in [0.2, 0.25) is 0 Å². The van der Waals surface area contributed by atoms with Gasteiger partial charge < -0.3 is 20.1 Å². The van der Waals surface area contributed by atoms with Crippen LogP contribution in [-0.4, -0.2) is 59.4 Å². The van der Waals surface area contributed by atoms with E-state index in [4.69, 9.17) is 25.2 Å². The van der Waals surface area contributed by atoms with Crippen LogP contribution in [0.5, 0.6) is 6.01 Å². The number of hydrogen-bond acceptors (Lipinski definition) is 8. The molecule has 3 saturated heterocycles. The van der Waals surface area contributed by atoms with Crippen LogP contribution in [0.15, 0.2) is 18.2 Å². The highest BCUT2D eigenvalue weighted by Crippen LogP contribution is 2.47. The Morgan fingerprint density at radius 2 is 2.08 bits per heavy atom. The fraction of sp³-hybridized carbons (Fsp3) is 0.645. The van der Waals surface area contributed by atoms with E-state index in [1.165, 1.54) is 11.1 Å². The summed E-state index contributed by atoms with van der Waals surface area (Å²) in [7, 11) is 0. The smallest absolute Gasteiger partial charge is 0.318 e. The maximum absolute atomic E-state index is 14.4. The van der Waals surface area contributed by atoms with Gasteiger partial charge in [0.1, 0.15) is 18.6 Å². The van der Waals surface area contributed by atoms with Crippen molar-refractivity contribution in [3.63, 3.8) is 0 Å². The van der Waals surface area contributed by atoms with Crippen LogP contribution in [0.1, 0.15) is 73.8 Å². The molecule has 212 valence electrons. The number of nitriles is 1. The molecule has 0 bridgehead atoms. The van der Waals surface area contributed by atoms with Gasteiger partial charge in [0.05, 0.1) is 29.5 Å². The minimum Gasteiger partial charge on any atom is -0.461 e. The lowest BCUT2D eigenvalue weighted by molar-refractivity contribution is -0.0855. The van der Waals surface area contributed by atoms with E-state index in [1.807, 2.05) is 6.07 Å². The molecule has 2 aromatic rings. The number of alkyl halides is 1. The van der Waals surface area contributed by atoms with Gasteiger partial charge in [-0.2, -0.15) is 15.2 Å². The predicted molar refractivity (Wildman–Crippen MR) is 150 cm³/mol. The van der Waals surface area contributed by atoms with Crippen LogP contribution in [0, 0.1) is 17.2 Å². The van der Waals surface area contributed by atoms with Gasteiger partial charge in [-0.05, 0) is 81.2 Å². The van der Waals surface area contributed by atoms with Gasteiger partial charge in [0.25, 0.3) is 0 Å². The topological polar surface area (TPSA) is 101 Å². The zero-order valence-electron chi connectivity index (χ0n) is 23.2. The molecule has 2 N–H and O–H groups in total. The first-order valence-corrected chi connectivity index (χ1v) is 15.1. The number of hydrogen-bond donors (Lipinski definition) is 1. The summed E-state index contributed by atoms with van der Waals surface area (Å²) < 4.78 is 27.6. The molecular formula is C31H39FN6O2. The van der Waals surface area contributed by atoms with Crippen LogP contribution in [0.2, 0.25) is 0 Å². The lowest BCUT2D eigenvalue weighted by atomic mass is 9.74. The van der Waals surface area contributed by atoms with Crippen molar-refractivity contribution in [3.05, 3.63) is 40.6 Å². The summed E-state index contributed by atoms with van der Waals surface area (Å²) in [6.45, 7) is 3.87. The highest BCUT2D eigenvalue weighted by molar-refractivity contribution is 5.54. The molecule has 3 fully saturated rings. The Bertz CT molecular complexity index is 1330. The molecule has 9 heteroatoms. The second kappa shape index (κ2) is 10.1. The molecule has 0 amide bonds. The quantitative estimate of drug-likeness (QED) is 0.562. The van der Waals surface area contributed by atoms with E-state index in [2.05, 4.69) is 28.0 Å². The number of fused-ring (bicyclic) bond motifs is 4. The summed E-state index contributed by atoms with van der Waals surface area (Å²) in [5.41, 5.74) is 10.7. The fourth-order valence-electron chi connectivity index (χ4n) is 8.00. The van der Waals surface area contributed by atoms with Crippen LogP contribution in [-0.2, 0) is 29.8 Å². The minimum absolute atomic E-state index is 0.0746. The number of ether oxygens (including phenoxy) is 2. The first-order chi connectivity index (χ1) is 19.5. The Morgan fingerprint density at radius 1 is 1.15 bits per heavy atom. The zero-order valence-corrected chi connectivity index (χ0v) is 23.2. The number of nitrogen functional groups attached to an aromatic ring is 1. The monoisotopic (exact) mass is 546 g/mol. The Hall–Kier alpha value is -2.96. The van der Waals surface area contributed by atoms with Gasteiger partial charge in [0, 0.05) is 49.6 Å². The van der Waals surface area contributed by atoms with Crippen LogP contribution in [0.25, 0.3) is 0 Å². The highest BCUT2D eigenvalue weighted by Gasteiger charge is 2.49. The van der Waals surface area contributed by atoms with Crippen LogP contribution in [0.4, 0.5) is 15.9 Å². The Labute approximate surface area is 235 Å². The molecular weight excluding hydrogens is 507 g/mol. The van der Waals surface area contributed by atoms with E-state index in [1.54, 1.807) is 0 Å². The average molecular weight is 547 g/mol. The lowest BCUT2D eigenvalue weighted by Gasteiger charge is -2.43. The van der Waals surface area contributed by atoms with E-state index in [0.29, 0.717) is 38.6 Å². The third kappa shape index (κ3) is 4.50. The fourth-order valence-corrected chi connectivity index (χ4v) is 8.00. The van der Waals surface area contributed by atoms with Gasteiger partial charge in [0.15, 0.2) is 0 Å². The number of nitrogens with zero attached hydrogens (tertiary/aromatic N) is 5. The molecule has 0 saturated carbocycles. The standard InChI is InChI=1S/C31H39FN6O2/c32-23-15-30(9-3-12-38(30)18-23)20-39-29-35-27-16-31(10-1-5-22-6-7-24(34)14-26(22)31)40-19-25(27)28(36-29)37-11-2-4-21(17-33)8-13-37/h6-7,14,21,23H,1-5,8-13,15-16,18-20,34H2. The number of rotatable bonds is 4. The van der Waals surface area contributed by atoms with Crippen LogP contribution >= 0.6 is 0 Å². The van der Waals surface area contributed by atoms with Gasteiger partial charge in [-0.15, -0.1) is 0 Å². The maximum atomic E-state index is 14.4. The van der Waals surface area contributed by atoms with Crippen molar-refractivity contribution in [1.82, 2.24) is 14.9 Å². The van der Waals surface area contributed by atoms with E-state index in [-0.39, 0.29) is 11.5 Å². The zero-order chi connectivity index (χ0) is 27.3. The van der Waals surface area contributed by atoms with Crippen LogP contribution < -0.4 is 15.4 Å². The lowest BCUT2D eigenvalue weighted by Crippen LogP contribution is -2.44. The van der Waals surface area contributed by atoms with Crippen molar-refractivity contribution in [2.75, 3.05) is 43.4 Å². The number of nitrogens with two attached hydrogens (primary N) is 1. The maximum Gasteiger partial charge on any atom is 0.318 e. The molecule has 5 aliphatic rings. The molecule has 40 heavy (non-hydrogen) atoms. The second-order valence-electron chi connectivity index (χ2n) is 12.6. The summed E-state index contributed by atoms with van der Waals surface area (Å²) in [6.07, 6.45) is 8.04. The summed E-state index contributed by atoms with van der Waals surface area (Å²) in [5, 5.41) is 9.54. The first-order valence-electron chi connectivity index (χ1n) is 15.1. The number of aryl methyl sites for hydroxylation is 1. The Balaban J connectivity index is 1.24. The van der Waals surface area contributed by atoms with E-state index < -0.39 is 11.8 Å². The van der Waals surface area contributed by atoms with Gasteiger partial charge in [-0.3, -0.25) is 4.90 Å². The van der Waals surface area contributed by atoms with Crippen molar-refractivity contribution < 1.29 is 13.9 Å². The third-order valence-corrected chi connectivity index (χ3v) is 10.1. The third-order valence-electron chi connectivity index (χ3n) is 10.1. The minimum atomic E-state index is -0.801. The normalized spacial score (nSPS) is 31.8. The molecule has 1 aromatic carbocycles. The number of halogens is 1. The SMILES string of the molecule is N#CC1CCCN(c2nc(OCC34CCCN3CC(F)C4)nc3c2COC2(CCCc4ccc(N)cc42)C3)CC1. The molecule has 1 spiro atoms. The number of anilines is 2. The molecule has 8 nitrogen and oxygen atoms in total. The van der Waals surface area contributed by atoms with Gasteiger partial charge in [-0.25, -0.2) is 4.39 Å². The van der Waals surface area contributed by atoms with E-state index >= 15 is 0 Å². The average Bonchev–Trinajstić information content (AvgIpc) is 3.36. The summed E-state index contributed by atoms with van der Waals surface area (Å²) in [4.78, 5) is 14.6. The van der Waals surface area contributed by atoms with Crippen molar-refractivity contribution in [3.8, 4) is 12.1 Å². The van der Waals surface area contributed by atoms with Gasteiger partial charge >= 0.3 is 6.01 Å². The second-order valence-corrected chi connectivity index (χ2v) is 12.6. The largest absolute Gasteiger partial charge is 0.461 e. The van der Waals surface area contributed by atoms with Crippen molar-refractivity contribution in [2.24, 2.45) is 5.92 Å². The number of benzene rings is 1. The molecule has 1 aliphatic carbocycles. The number of aromatic nitrogens is 2. The highest BCUT2D eigenvalue weighted by atomic mass is 19.1. The van der Waals surface area contributed by atoms with Gasteiger partial charge in [-0.1, -0.05) is 6.07 Å². The Morgan fingerprint density at radius 3 is 2.98 bits per heavy atom. The molecule has 7 rings (SSSR count). The molecule has 5 heterocycles. The van der Waals surface area contributed by atoms with Crippen LogP contribution in [0.3, 0.4) is 0 Å². The molecule has 0 radical (unpaired) electrons. The summed E-state index contributed by atoms with van der Waals surface area (Å²) in [6, 6.07) is 9.03. The summed E-state index contributed by atoms with van der Waals surface area (Å²) >= 11 is 0. The van der Waals surface area contributed by atoms with E-state index in [0.717, 1.165) is 93.8 Å². The predicted octanol–water partition coefficient (Wildman–Crippen LogP) is 4.45. The Kier molecular flexibility index (Phi) is 6.59. The molecule has 1 aromatic heterocycles. The van der Waals surface area contributed by atoms with E-state index in [9.17, 15) is 9.65 Å². The van der Waals surface area contributed by atoms with Crippen molar-refractivity contribution in [1.29, 1.82) is 5.26 Å². The summed E-state index contributed by atoms with van der Waals surface area (Å²) in [5.74, 6) is 0.943. The van der Waals surface area contributed by atoms with Crippen molar-refractivity contribution >= 4 is 11.5 Å². The molecule has 4 aliphatic heterocycles. The molecule has 4 unspecified atom stereocenters. The molecule has 4 atom stereocenters. The first kappa shape index (κ1) is 26.0. The van der Waals surface area contributed by atoms with Crippen molar-refractivity contribution in [2.45, 2.75) is 88.1 Å².